The fraction of sp³-hybridized carbons (Fsp3) is 1.00. The van der Waals surface area contributed by atoms with E-state index in [-0.39, 0.29) is 12.4 Å². The van der Waals surface area contributed by atoms with Gasteiger partial charge in [0.05, 0.1) is 13.2 Å². The lowest BCUT2D eigenvalue weighted by atomic mass is 10.3. The van der Waals surface area contributed by atoms with Crippen LogP contribution in [-0.2, 0) is 14.2 Å². The fourth-order valence-electron chi connectivity index (χ4n) is 1.26. The van der Waals surface area contributed by atoms with Gasteiger partial charge >= 0.3 is 0 Å². The smallest absolute Gasteiger partial charge is 0.157 e. The fourth-order valence-corrected chi connectivity index (χ4v) is 1.26. The predicted molar refractivity (Wildman–Crippen MR) is 46.0 cm³/mol. The van der Waals surface area contributed by atoms with Gasteiger partial charge in [-0.15, -0.1) is 0 Å². The molecule has 1 saturated heterocycles. The Morgan fingerprint density at radius 1 is 1.25 bits per heavy atom. The van der Waals surface area contributed by atoms with Gasteiger partial charge in [0.1, 0.15) is 6.10 Å². The highest BCUT2D eigenvalue weighted by Crippen LogP contribution is 2.12. The first-order valence-electron chi connectivity index (χ1n) is 4.71. The third kappa shape index (κ3) is 3.09. The van der Waals surface area contributed by atoms with Crippen molar-refractivity contribution < 1.29 is 14.2 Å². The van der Waals surface area contributed by atoms with E-state index in [9.17, 15) is 0 Å². The molecular weight excluding hydrogens is 156 g/mol. The van der Waals surface area contributed by atoms with E-state index >= 15 is 0 Å². The normalized spacial score (nSPS) is 30.5. The average Bonchev–Trinajstić information content (AvgIpc) is 2.09. The van der Waals surface area contributed by atoms with E-state index in [1.54, 1.807) is 0 Å². The molecule has 0 saturated carbocycles. The van der Waals surface area contributed by atoms with Crippen molar-refractivity contribution in [3.8, 4) is 0 Å². The van der Waals surface area contributed by atoms with Crippen molar-refractivity contribution in [1.29, 1.82) is 0 Å². The molecule has 0 aromatic carbocycles. The summed E-state index contributed by atoms with van der Waals surface area (Å²) < 4.78 is 16.2. The molecule has 3 heteroatoms. The third-order valence-electron chi connectivity index (χ3n) is 1.86. The number of hydrogen-bond donors (Lipinski definition) is 0. The van der Waals surface area contributed by atoms with Gasteiger partial charge < -0.3 is 14.2 Å². The molecule has 0 aromatic heterocycles. The minimum Gasteiger partial charge on any atom is -0.374 e. The van der Waals surface area contributed by atoms with Crippen LogP contribution in [0.15, 0.2) is 0 Å². The lowest BCUT2D eigenvalue weighted by molar-refractivity contribution is -0.227. The van der Waals surface area contributed by atoms with Crippen molar-refractivity contribution >= 4 is 0 Å². The Morgan fingerprint density at radius 3 is 2.42 bits per heavy atom. The predicted octanol–water partition coefficient (Wildman–Crippen LogP) is 1.56. The van der Waals surface area contributed by atoms with E-state index in [1.165, 1.54) is 0 Å². The second kappa shape index (κ2) is 5.51. The highest BCUT2D eigenvalue weighted by molar-refractivity contribution is 4.61. The quantitative estimate of drug-likeness (QED) is 0.647. The summed E-state index contributed by atoms with van der Waals surface area (Å²) in [6.07, 6.45) is 2.23. The van der Waals surface area contributed by atoms with Crippen molar-refractivity contribution in [2.75, 3.05) is 19.8 Å². The summed E-state index contributed by atoms with van der Waals surface area (Å²) in [5.74, 6) is 0. The molecule has 0 atom stereocenters. The van der Waals surface area contributed by atoms with Gasteiger partial charge in [-0.05, 0) is 13.3 Å². The number of ether oxygens (including phenoxy) is 3. The topological polar surface area (TPSA) is 27.7 Å². The van der Waals surface area contributed by atoms with Crippen molar-refractivity contribution in [2.24, 2.45) is 0 Å². The van der Waals surface area contributed by atoms with Crippen LogP contribution < -0.4 is 0 Å². The first-order chi connectivity index (χ1) is 5.86. The molecule has 0 aromatic rings. The second-order valence-corrected chi connectivity index (χ2v) is 2.96. The summed E-state index contributed by atoms with van der Waals surface area (Å²) in [6, 6.07) is 0. The van der Waals surface area contributed by atoms with Crippen LogP contribution in [0, 0.1) is 0 Å². The number of rotatable bonds is 4. The standard InChI is InChI=1S/C9H18O3/c1-3-5-9-11-6-8(7-12-9)10-4-2/h8-9H,3-7H2,1-2H3. The maximum absolute atomic E-state index is 5.44. The van der Waals surface area contributed by atoms with Gasteiger partial charge in [-0.25, -0.2) is 0 Å². The highest BCUT2D eigenvalue weighted by Gasteiger charge is 2.21. The van der Waals surface area contributed by atoms with Gasteiger partial charge in [-0.2, -0.15) is 0 Å². The van der Waals surface area contributed by atoms with E-state index in [0.717, 1.165) is 19.4 Å². The molecule has 1 heterocycles. The van der Waals surface area contributed by atoms with E-state index < -0.39 is 0 Å². The van der Waals surface area contributed by atoms with Crippen LogP contribution in [-0.4, -0.2) is 32.2 Å². The third-order valence-corrected chi connectivity index (χ3v) is 1.86. The van der Waals surface area contributed by atoms with Crippen LogP contribution in [0.3, 0.4) is 0 Å². The van der Waals surface area contributed by atoms with E-state index in [1.807, 2.05) is 6.92 Å². The second-order valence-electron chi connectivity index (χ2n) is 2.96. The summed E-state index contributed by atoms with van der Waals surface area (Å²) in [5.41, 5.74) is 0. The lowest BCUT2D eigenvalue weighted by Gasteiger charge is -2.28. The van der Waals surface area contributed by atoms with Gasteiger partial charge in [0.15, 0.2) is 6.29 Å². The molecule has 12 heavy (non-hydrogen) atoms. The minimum atomic E-state index is 0.00621. The van der Waals surface area contributed by atoms with Crippen LogP contribution >= 0.6 is 0 Å². The summed E-state index contributed by atoms with van der Waals surface area (Å²) in [5, 5.41) is 0. The summed E-state index contributed by atoms with van der Waals surface area (Å²) in [7, 11) is 0. The number of hydrogen-bond acceptors (Lipinski definition) is 3. The molecule has 1 aliphatic rings. The summed E-state index contributed by atoms with van der Waals surface area (Å²) in [4.78, 5) is 0. The summed E-state index contributed by atoms with van der Waals surface area (Å²) >= 11 is 0. The molecule has 0 spiro atoms. The van der Waals surface area contributed by atoms with Crippen LogP contribution in [0.5, 0.6) is 0 Å². The molecular formula is C9H18O3. The first-order valence-corrected chi connectivity index (χ1v) is 4.71. The average molecular weight is 174 g/mol. The Kier molecular flexibility index (Phi) is 4.58. The zero-order valence-electron chi connectivity index (χ0n) is 7.91. The molecule has 0 unspecified atom stereocenters. The summed E-state index contributed by atoms with van der Waals surface area (Å²) in [6.45, 7) is 6.20. The lowest BCUT2D eigenvalue weighted by Crippen LogP contribution is -2.37. The molecule has 0 radical (unpaired) electrons. The van der Waals surface area contributed by atoms with Crippen molar-refractivity contribution in [1.82, 2.24) is 0 Å². The van der Waals surface area contributed by atoms with Crippen molar-refractivity contribution in [3.05, 3.63) is 0 Å². The van der Waals surface area contributed by atoms with Gasteiger partial charge in [-0.3, -0.25) is 0 Å². The van der Waals surface area contributed by atoms with Crippen LogP contribution in [0.25, 0.3) is 0 Å². The first kappa shape index (κ1) is 9.96. The zero-order chi connectivity index (χ0) is 8.81. The molecule has 1 aliphatic heterocycles. The van der Waals surface area contributed by atoms with Crippen LogP contribution in [0.4, 0.5) is 0 Å². The largest absolute Gasteiger partial charge is 0.374 e. The SMILES string of the molecule is CCCC1OCC(OCC)CO1. The van der Waals surface area contributed by atoms with Gasteiger partial charge in [0.25, 0.3) is 0 Å². The molecule has 0 amide bonds. The molecule has 1 fully saturated rings. The van der Waals surface area contributed by atoms with E-state index in [4.69, 9.17) is 14.2 Å². The Balaban J connectivity index is 2.11. The zero-order valence-corrected chi connectivity index (χ0v) is 7.91. The van der Waals surface area contributed by atoms with E-state index in [2.05, 4.69) is 6.92 Å². The van der Waals surface area contributed by atoms with Crippen LogP contribution in [0.1, 0.15) is 26.7 Å². The molecule has 3 nitrogen and oxygen atoms in total. The Hall–Kier alpha value is -0.120. The molecule has 72 valence electrons. The maximum atomic E-state index is 5.44. The van der Waals surface area contributed by atoms with Crippen LogP contribution in [0.2, 0.25) is 0 Å². The maximum Gasteiger partial charge on any atom is 0.157 e. The van der Waals surface area contributed by atoms with Crippen molar-refractivity contribution in [3.63, 3.8) is 0 Å². The monoisotopic (exact) mass is 174 g/mol. The Labute approximate surface area is 74.0 Å². The van der Waals surface area contributed by atoms with Crippen molar-refractivity contribution in [2.45, 2.75) is 39.1 Å². The van der Waals surface area contributed by atoms with E-state index in [0.29, 0.717) is 13.2 Å². The molecule has 0 N–H and O–H groups in total. The molecule has 1 rings (SSSR count). The molecule has 0 aliphatic carbocycles. The van der Waals surface area contributed by atoms with Gasteiger partial charge in [0.2, 0.25) is 0 Å². The Bertz CT molecular complexity index is 94.3. The van der Waals surface area contributed by atoms with Gasteiger partial charge in [0, 0.05) is 6.61 Å². The minimum absolute atomic E-state index is 0.00621. The highest BCUT2D eigenvalue weighted by atomic mass is 16.7. The van der Waals surface area contributed by atoms with Gasteiger partial charge in [-0.1, -0.05) is 13.3 Å². The molecule has 0 bridgehead atoms. The Morgan fingerprint density at radius 2 is 1.92 bits per heavy atom.